The predicted octanol–water partition coefficient (Wildman–Crippen LogP) is 2.19. The Bertz CT molecular complexity index is 736. The van der Waals surface area contributed by atoms with Crippen LogP contribution in [0.2, 0.25) is 0 Å². The monoisotopic (exact) mass is 317 g/mol. The van der Waals surface area contributed by atoms with Gasteiger partial charge in [0, 0.05) is 6.92 Å². The third-order valence-electron chi connectivity index (χ3n) is 4.38. The molecule has 23 heavy (non-hydrogen) atoms. The van der Waals surface area contributed by atoms with Gasteiger partial charge in [-0.25, -0.2) is 4.98 Å². The summed E-state index contributed by atoms with van der Waals surface area (Å²) in [5, 5.41) is 0. The lowest BCUT2D eigenvalue weighted by molar-refractivity contribution is -0.142. The summed E-state index contributed by atoms with van der Waals surface area (Å²) in [4.78, 5) is 15.2. The van der Waals surface area contributed by atoms with Crippen molar-refractivity contribution in [3.8, 4) is 0 Å². The van der Waals surface area contributed by atoms with Gasteiger partial charge in [0.1, 0.15) is 5.52 Å². The smallest absolute Gasteiger partial charge is 0.456 e. The molecule has 0 radical (unpaired) electrons. The molecule has 1 aromatic heterocycles. The molecule has 122 valence electrons. The third-order valence-corrected chi connectivity index (χ3v) is 4.38. The van der Waals surface area contributed by atoms with Crippen molar-refractivity contribution in [2.45, 2.75) is 52.4 Å². The van der Waals surface area contributed by atoms with Crippen LogP contribution in [-0.2, 0) is 25.4 Å². The number of hydrogen-bond donors (Lipinski definition) is 0. The molecule has 3 rings (SSSR count). The first-order chi connectivity index (χ1) is 10.7. The van der Waals surface area contributed by atoms with Gasteiger partial charge in [-0.2, -0.15) is 0 Å². The number of rotatable bonds is 3. The summed E-state index contributed by atoms with van der Waals surface area (Å²) >= 11 is 0. The van der Waals surface area contributed by atoms with Crippen molar-refractivity contribution in [1.29, 1.82) is 0 Å². The number of carbonyl (C=O) groups is 1. The quantitative estimate of drug-likeness (QED) is 0.638. The number of carbonyl (C=O) groups excluding carboxylic acids is 1. The molecule has 0 bridgehead atoms. The Balaban J connectivity index is 1.85. The van der Waals surface area contributed by atoms with Gasteiger partial charge in [-0.05, 0) is 45.3 Å². The summed E-state index contributed by atoms with van der Waals surface area (Å²) in [6.07, 6.45) is 0. The Morgan fingerprint density at radius 3 is 2.48 bits per heavy atom. The largest absolute Gasteiger partial charge is 0.494 e. The summed E-state index contributed by atoms with van der Waals surface area (Å²) in [7, 11) is -0.446. The molecular formula is C16H20BNO5. The first kappa shape index (κ1) is 16.0. The van der Waals surface area contributed by atoms with E-state index >= 15 is 0 Å². The average molecular weight is 317 g/mol. The van der Waals surface area contributed by atoms with Crippen LogP contribution in [0.4, 0.5) is 0 Å². The van der Waals surface area contributed by atoms with Crippen molar-refractivity contribution >= 4 is 29.7 Å². The lowest BCUT2D eigenvalue weighted by Gasteiger charge is -2.32. The highest BCUT2D eigenvalue weighted by atomic mass is 16.7. The number of fused-ring (bicyclic) bond motifs is 1. The minimum Gasteiger partial charge on any atom is -0.456 e. The zero-order valence-corrected chi connectivity index (χ0v) is 14.0. The van der Waals surface area contributed by atoms with Gasteiger partial charge < -0.3 is 18.5 Å². The number of hydrogen-bond acceptors (Lipinski definition) is 6. The van der Waals surface area contributed by atoms with E-state index < -0.39 is 18.3 Å². The van der Waals surface area contributed by atoms with Crippen LogP contribution in [0.3, 0.4) is 0 Å². The summed E-state index contributed by atoms with van der Waals surface area (Å²) in [5.74, 6) is -0.00793. The molecule has 1 aromatic carbocycles. The van der Waals surface area contributed by atoms with Crippen LogP contribution >= 0.6 is 0 Å². The van der Waals surface area contributed by atoms with Gasteiger partial charge in [-0.1, -0.05) is 6.07 Å². The number of aromatic nitrogens is 1. The van der Waals surface area contributed by atoms with Crippen LogP contribution in [0, 0.1) is 0 Å². The summed E-state index contributed by atoms with van der Waals surface area (Å²) < 4.78 is 22.5. The van der Waals surface area contributed by atoms with Crippen molar-refractivity contribution in [1.82, 2.24) is 4.98 Å². The molecule has 0 atom stereocenters. The number of nitrogens with zero attached hydrogens (tertiary/aromatic N) is 1. The molecule has 0 unspecified atom stereocenters. The molecule has 0 amide bonds. The number of esters is 1. The molecule has 2 aromatic rings. The summed E-state index contributed by atoms with van der Waals surface area (Å²) in [6.45, 7) is 9.42. The van der Waals surface area contributed by atoms with Crippen molar-refractivity contribution in [3.63, 3.8) is 0 Å². The molecular weight excluding hydrogens is 297 g/mol. The first-order valence-electron chi connectivity index (χ1n) is 7.56. The molecule has 1 saturated heterocycles. The Hall–Kier alpha value is -1.86. The number of oxazole rings is 1. The zero-order chi connectivity index (χ0) is 16.8. The second-order valence-electron chi connectivity index (χ2n) is 6.70. The molecule has 1 fully saturated rings. The highest BCUT2D eigenvalue weighted by molar-refractivity contribution is 6.62. The molecule has 1 aliphatic rings. The van der Waals surface area contributed by atoms with Gasteiger partial charge in [-0.15, -0.1) is 0 Å². The highest BCUT2D eigenvalue weighted by Gasteiger charge is 2.51. The van der Waals surface area contributed by atoms with Gasteiger partial charge in [-0.3, -0.25) is 4.79 Å². The van der Waals surface area contributed by atoms with E-state index in [2.05, 4.69) is 4.98 Å². The van der Waals surface area contributed by atoms with E-state index in [4.69, 9.17) is 18.5 Å². The lowest BCUT2D eigenvalue weighted by Crippen LogP contribution is -2.41. The molecule has 1 aliphatic heterocycles. The van der Waals surface area contributed by atoms with Crippen LogP contribution in [-0.4, -0.2) is 29.3 Å². The van der Waals surface area contributed by atoms with Crippen LogP contribution in [0.1, 0.15) is 40.5 Å². The maximum Gasteiger partial charge on any atom is 0.494 e. The molecule has 0 spiro atoms. The van der Waals surface area contributed by atoms with Gasteiger partial charge in [0.2, 0.25) is 5.89 Å². The molecule has 2 heterocycles. The Morgan fingerprint density at radius 1 is 1.22 bits per heavy atom. The normalized spacial score (nSPS) is 19.3. The fourth-order valence-corrected chi connectivity index (χ4v) is 2.34. The van der Waals surface area contributed by atoms with E-state index in [1.807, 2.05) is 45.9 Å². The van der Waals surface area contributed by atoms with Crippen molar-refractivity contribution in [2.75, 3.05) is 0 Å². The standard InChI is InChI=1S/C16H20BNO5/c1-10(19)20-9-14-18-12-8-11(6-7-13(12)21-14)17-22-15(2,3)16(4,5)23-17/h6-8H,9H2,1-5H3. The van der Waals surface area contributed by atoms with E-state index in [0.717, 1.165) is 5.46 Å². The van der Waals surface area contributed by atoms with E-state index in [1.54, 1.807) is 0 Å². The van der Waals surface area contributed by atoms with E-state index in [-0.39, 0.29) is 12.6 Å². The predicted molar refractivity (Wildman–Crippen MR) is 85.2 cm³/mol. The van der Waals surface area contributed by atoms with Crippen molar-refractivity contribution < 1.29 is 23.3 Å². The summed E-state index contributed by atoms with van der Waals surface area (Å²) in [6, 6.07) is 5.59. The third kappa shape index (κ3) is 2.98. The van der Waals surface area contributed by atoms with E-state index in [9.17, 15) is 4.79 Å². The maximum absolute atomic E-state index is 10.9. The van der Waals surface area contributed by atoms with E-state index in [0.29, 0.717) is 17.0 Å². The lowest BCUT2D eigenvalue weighted by atomic mass is 9.79. The maximum atomic E-state index is 10.9. The van der Waals surface area contributed by atoms with Crippen LogP contribution in [0.25, 0.3) is 11.1 Å². The molecule has 7 heteroatoms. The van der Waals surface area contributed by atoms with Gasteiger partial charge in [0.25, 0.3) is 0 Å². The highest BCUT2D eigenvalue weighted by Crippen LogP contribution is 2.36. The van der Waals surface area contributed by atoms with E-state index in [1.165, 1.54) is 6.92 Å². The molecule has 6 nitrogen and oxygen atoms in total. The summed E-state index contributed by atoms with van der Waals surface area (Å²) in [5.41, 5.74) is 1.41. The minimum atomic E-state index is -0.446. The molecule has 0 N–H and O–H groups in total. The first-order valence-corrected chi connectivity index (χ1v) is 7.56. The van der Waals surface area contributed by atoms with Crippen LogP contribution in [0.5, 0.6) is 0 Å². The molecule has 0 aliphatic carbocycles. The fraction of sp³-hybridized carbons (Fsp3) is 0.500. The van der Waals surface area contributed by atoms with Crippen LogP contribution < -0.4 is 5.46 Å². The zero-order valence-electron chi connectivity index (χ0n) is 14.0. The average Bonchev–Trinajstić information content (AvgIpc) is 2.94. The Morgan fingerprint density at radius 2 is 1.87 bits per heavy atom. The Labute approximate surface area is 135 Å². The Kier molecular flexibility index (Phi) is 3.73. The fourth-order valence-electron chi connectivity index (χ4n) is 2.34. The number of benzene rings is 1. The second-order valence-corrected chi connectivity index (χ2v) is 6.70. The van der Waals surface area contributed by atoms with Crippen LogP contribution in [0.15, 0.2) is 22.6 Å². The van der Waals surface area contributed by atoms with Crippen molar-refractivity contribution in [3.05, 3.63) is 24.1 Å². The number of ether oxygens (including phenoxy) is 1. The molecule has 0 saturated carbocycles. The van der Waals surface area contributed by atoms with Crippen molar-refractivity contribution in [2.24, 2.45) is 0 Å². The van der Waals surface area contributed by atoms with Gasteiger partial charge in [0.05, 0.1) is 11.2 Å². The van der Waals surface area contributed by atoms with Gasteiger partial charge >= 0.3 is 13.1 Å². The van der Waals surface area contributed by atoms with Gasteiger partial charge in [0.15, 0.2) is 12.2 Å². The topological polar surface area (TPSA) is 70.8 Å². The second kappa shape index (κ2) is 5.35. The SMILES string of the molecule is CC(=O)OCc1nc2cc(B3OC(C)(C)C(C)(C)O3)ccc2o1. The minimum absolute atomic E-state index is 0.0236.